The molecule has 23 heavy (non-hydrogen) atoms. The number of rotatable bonds is 5. The Balaban J connectivity index is 2.33. The van der Waals surface area contributed by atoms with Crippen molar-refractivity contribution in [3.05, 3.63) is 60.8 Å². The first-order valence-electron chi connectivity index (χ1n) is 6.81. The van der Waals surface area contributed by atoms with Crippen LogP contribution >= 0.6 is 0 Å². The van der Waals surface area contributed by atoms with Gasteiger partial charge in [0.15, 0.2) is 11.5 Å². The summed E-state index contributed by atoms with van der Waals surface area (Å²) in [5.74, 6) is -0.0540. The molecule has 1 amide bonds. The summed E-state index contributed by atoms with van der Waals surface area (Å²) in [5, 5.41) is 2.62. The molecule has 2 aromatic rings. The predicted molar refractivity (Wildman–Crippen MR) is 91.0 cm³/mol. The summed E-state index contributed by atoms with van der Waals surface area (Å²) in [4.78, 5) is 28.6. The molecule has 0 aliphatic carbocycles. The SMILES string of the molecule is C=C/C(=C\N=C/C)c1cnc(N)c(C(=O)Nc2ccccn2)n1. The highest BCUT2D eigenvalue weighted by Gasteiger charge is 2.15. The van der Waals surface area contributed by atoms with Crippen molar-refractivity contribution in [1.29, 1.82) is 0 Å². The van der Waals surface area contributed by atoms with Crippen LogP contribution in [0.4, 0.5) is 11.6 Å². The van der Waals surface area contributed by atoms with E-state index in [1.165, 1.54) is 6.20 Å². The van der Waals surface area contributed by atoms with Crippen LogP contribution in [-0.2, 0) is 0 Å². The molecule has 0 fully saturated rings. The van der Waals surface area contributed by atoms with E-state index in [-0.39, 0.29) is 11.5 Å². The van der Waals surface area contributed by atoms with Gasteiger partial charge in [0.2, 0.25) is 0 Å². The number of hydrogen-bond acceptors (Lipinski definition) is 6. The van der Waals surface area contributed by atoms with Gasteiger partial charge in [-0.3, -0.25) is 9.79 Å². The third-order valence-electron chi connectivity index (χ3n) is 2.80. The number of carbonyl (C=O) groups excluding carboxylic acids is 1. The molecule has 0 atom stereocenters. The fraction of sp³-hybridized carbons (Fsp3) is 0.0625. The number of nitrogens with one attached hydrogen (secondary N) is 1. The average molecular weight is 308 g/mol. The van der Waals surface area contributed by atoms with Crippen LogP contribution in [0.1, 0.15) is 23.1 Å². The van der Waals surface area contributed by atoms with Gasteiger partial charge in [0.05, 0.1) is 11.9 Å². The van der Waals surface area contributed by atoms with Crippen LogP contribution < -0.4 is 11.1 Å². The molecule has 7 heteroatoms. The molecule has 0 saturated heterocycles. The molecule has 0 spiro atoms. The second-order valence-corrected chi connectivity index (χ2v) is 4.35. The molecule has 7 nitrogen and oxygen atoms in total. The van der Waals surface area contributed by atoms with E-state index in [9.17, 15) is 4.79 Å². The van der Waals surface area contributed by atoms with Gasteiger partial charge in [0.1, 0.15) is 5.82 Å². The molecule has 0 saturated carbocycles. The average Bonchev–Trinajstić information content (AvgIpc) is 2.57. The Labute approximate surface area is 133 Å². The topological polar surface area (TPSA) is 106 Å². The minimum absolute atomic E-state index is 0.0152. The first-order valence-corrected chi connectivity index (χ1v) is 6.81. The van der Waals surface area contributed by atoms with Crippen molar-refractivity contribution in [1.82, 2.24) is 15.0 Å². The van der Waals surface area contributed by atoms with Gasteiger partial charge in [-0.2, -0.15) is 0 Å². The van der Waals surface area contributed by atoms with Crippen molar-refractivity contribution >= 4 is 29.3 Å². The summed E-state index contributed by atoms with van der Waals surface area (Å²) in [7, 11) is 0. The maximum absolute atomic E-state index is 12.3. The lowest BCUT2D eigenvalue weighted by molar-refractivity contribution is 0.102. The van der Waals surface area contributed by atoms with Gasteiger partial charge < -0.3 is 11.1 Å². The largest absolute Gasteiger partial charge is 0.382 e. The van der Waals surface area contributed by atoms with E-state index in [4.69, 9.17) is 5.73 Å². The quantitative estimate of drug-likeness (QED) is 0.651. The van der Waals surface area contributed by atoms with Crippen molar-refractivity contribution < 1.29 is 4.79 Å². The zero-order valence-corrected chi connectivity index (χ0v) is 12.6. The molecule has 0 radical (unpaired) electrons. The number of amides is 1. The fourth-order valence-electron chi connectivity index (χ4n) is 1.70. The number of nitrogens with two attached hydrogens (primary N) is 1. The Bertz CT molecular complexity index is 767. The molecule has 0 bridgehead atoms. The number of pyridine rings is 1. The van der Waals surface area contributed by atoms with E-state index in [1.807, 2.05) is 0 Å². The number of allylic oxidation sites excluding steroid dienone is 2. The number of carbonyl (C=O) groups is 1. The Morgan fingerprint density at radius 3 is 2.87 bits per heavy atom. The number of nitrogen functional groups attached to an aromatic ring is 1. The van der Waals surface area contributed by atoms with E-state index in [1.54, 1.807) is 49.8 Å². The summed E-state index contributed by atoms with van der Waals surface area (Å²) in [6, 6.07) is 5.17. The molecule has 0 aliphatic heterocycles. The first-order chi connectivity index (χ1) is 11.2. The van der Waals surface area contributed by atoms with E-state index in [2.05, 4.69) is 31.8 Å². The summed E-state index contributed by atoms with van der Waals surface area (Å²) in [6.45, 7) is 5.49. The van der Waals surface area contributed by atoms with Crippen LogP contribution in [-0.4, -0.2) is 27.1 Å². The van der Waals surface area contributed by atoms with Gasteiger partial charge >= 0.3 is 0 Å². The molecule has 0 unspecified atom stereocenters. The van der Waals surface area contributed by atoms with E-state index < -0.39 is 5.91 Å². The van der Waals surface area contributed by atoms with E-state index in [0.29, 0.717) is 17.1 Å². The zero-order valence-electron chi connectivity index (χ0n) is 12.6. The summed E-state index contributed by atoms with van der Waals surface area (Å²) in [6.07, 6.45) is 7.82. The summed E-state index contributed by atoms with van der Waals surface area (Å²) >= 11 is 0. The van der Waals surface area contributed by atoms with Crippen LogP contribution in [0.25, 0.3) is 5.57 Å². The van der Waals surface area contributed by atoms with Gasteiger partial charge in [0, 0.05) is 24.2 Å². The van der Waals surface area contributed by atoms with Gasteiger partial charge in [-0.05, 0) is 19.1 Å². The first kappa shape index (κ1) is 16.0. The Morgan fingerprint density at radius 2 is 2.22 bits per heavy atom. The lowest BCUT2D eigenvalue weighted by Gasteiger charge is -2.07. The second kappa shape index (κ2) is 7.60. The molecular weight excluding hydrogens is 292 g/mol. The minimum atomic E-state index is -0.488. The second-order valence-electron chi connectivity index (χ2n) is 4.35. The number of nitrogens with zero attached hydrogens (tertiary/aromatic N) is 4. The van der Waals surface area contributed by atoms with Crippen molar-refractivity contribution in [2.24, 2.45) is 4.99 Å². The molecule has 3 N–H and O–H groups in total. The minimum Gasteiger partial charge on any atom is -0.382 e. The Hall–Kier alpha value is -3.35. The van der Waals surface area contributed by atoms with E-state index >= 15 is 0 Å². The standard InChI is InChI=1S/C16H16N6O/c1-3-11(9-18-4-2)12-10-20-15(17)14(21-12)16(23)22-13-7-5-6-8-19-13/h3-10H,1H2,2H3,(H2,17,20)(H,19,22,23)/b11-9+,18-4-. The van der Waals surface area contributed by atoms with Crippen LogP contribution in [0.5, 0.6) is 0 Å². The molecule has 2 heterocycles. The van der Waals surface area contributed by atoms with Crippen molar-refractivity contribution in [3.63, 3.8) is 0 Å². The van der Waals surface area contributed by atoms with E-state index in [0.717, 1.165) is 0 Å². The number of aromatic nitrogens is 3. The van der Waals surface area contributed by atoms with Crippen LogP contribution in [0, 0.1) is 0 Å². The van der Waals surface area contributed by atoms with Gasteiger partial charge in [-0.15, -0.1) is 0 Å². The van der Waals surface area contributed by atoms with Gasteiger partial charge in [-0.25, -0.2) is 15.0 Å². The third kappa shape index (κ3) is 4.07. The Morgan fingerprint density at radius 1 is 1.39 bits per heavy atom. The van der Waals surface area contributed by atoms with Crippen LogP contribution in [0.2, 0.25) is 0 Å². The molecular formula is C16H16N6O. The molecule has 2 rings (SSSR count). The highest BCUT2D eigenvalue weighted by molar-refractivity contribution is 6.05. The van der Waals surface area contributed by atoms with Gasteiger partial charge in [0.25, 0.3) is 5.91 Å². The smallest absolute Gasteiger partial charge is 0.279 e. The van der Waals surface area contributed by atoms with Crippen LogP contribution in [0.15, 0.2) is 54.4 Å². The molecule has 0 aromatic carbocycles. The normalized spacial score (nSPS) is 11.4. The van der Waals surface area contributed by atoms with Crippen molar-refractivity contribution in [2.45, 2.75) is 6.92 Å². The molecule has 2 aromatic heterocycles. The van der Waals surface area contributed by atoms with Gasteiger partial charge in [-0.1, -0.05) is 18.7 Å². The fourth-order valence-corrected chi connectivity index (χ4v) is 1.70. The maximum Gasteiger partial charge on any atom is 0.279 e. The lowest BCUT2D eigenvalue weighted by atomic mass is 10.2. The highest BCUT2D eigenvalue weighted by Crippen LogP contribution is 2.16. The third-order valence-corrected chi connectivity index (χ3v) is 2.80. The van der Waals surface area contributed by atoms with Crippen LogP contribution in [0.3, 0.4) is 0 Å². The molecule has 116 valence electrons. The zero-order chi connectivity index (χ0) is 16.7. The van der Waals surface area contributed by atoms with Crippen molar-refractivity contribution in [2.75, 3.05) is 11.1 Å². The lowest BCUT2D eigenvalue weighted by Crippen LogP contribution is -2.18. The summed E-state index contributed by atoms with van der Waals surface area (Å²) in [5.41, 5.74) is 6.85. The predicted octanol–water partition coefficient (Wildman–Crippen LogP) is 2.32. The summed E-state index contributed by atoms with van der Waals surface area (Å²) < 4.78 is 0. The number of hydrogen-bond donors (Lipinski definition) is 2. The maximum atomic E-state index is 12.3. The number of aliphatic imine (C=N–C) groups is 1. The Kier molecular flexibility index (Phi) is 5.30. The molecule has 0 aliphatic rings. The highest BCUT2D eigenvalue weighted by atomic mass is 16.2. The monoisotopic (exact) mass is 308 g/mol. The van der Waals surface area contributed by atoms with Crippen molar-refractivity contribution in [3.8, 4) is 0 Å². The number of anilines is 2.